The summed E-state index contributed by atoms with van der Waals surface area (Å²) >= 11 is 0. The molecule has 19 heavy (non-hydrogen) atoms. The van der Waals surface area contributed by atoms with Crippen molar-refractivity contribution in [2.45, 2.75) is 6.42 Å². The molecular formula is C12H12F2N4O. The SMILES string of the molecule is Nc1cn[nH]c1C(=O)NCCc1cc(F)cc(F)c1. The van der Waals surface area contributed by atoms with Gasteiger partial charge < -0.3 is 11.1 Å². The number of rotatable bonds is 4. The molecule has 1 aromatic carbocycles. The molecular weight excluding hydrogens is 254 g/mol. The molecule has 2 rings (SSSR count). The van der Waals surface area contributed by atoms with E-state index >= 15 is 0 Å². The number of carbonyl (C=O) groups is 1. The number of nitrogens with zero attached hydrogens (tertiary/aromatic N) is 1. The van der Waals surface area contributed by atoms with Crippen molar-refractivity contribution in [1.29, 1.82) is 0 Å². The Kier molecular flexibility index (Phi) is 3.74. The summed E-state index contributed by atoms with van der Waals surface area (Å²) in [6.45, 7) is 0.236. The molecule has 0 bridgehead atoms. The molecule has 1 amide bonds. The zero-order chi connectivity index (χ0) is 13.8. The lowest BCUT2D eigenvalue weighted by Gasteiger charge is -2.05. The van der Waals surface area contributed by atoms with Crippen molar-refractivity contribution in [3.05, 3.63) is 47.3 Å². The van der Waals surface area contributed by atoms with Gasteiger partial charge in [-0.25, -0.2) is 8.78 Å². The number of anilines is 1. The summed E-state index contributed by atoms with van der Waals surface area (Å²) in [6.07, 6.45) is 1.64. The second-order valence-corrected chi connectivity index (χ2v) is 3.98. The van der Waals surface area contributed by atoms with Gasteiger partial charge in [0.15, 0.2) is 0 Å². The van der Waals surface area contributed by atoms with E-state index < -0.39 is 17.5 Å². The van der Waals surface area contributed by atoms with Crippen LogP contribution in [0.25, 0.3) is 0 Å². The van der Waals surface area contributed by atoms with Gasteiger partial charge >= 0.3 is 0 Å². The average Bonchev–Trinajstić information content (AvgIpc) is 2.74. The summed E-state index contributed by atoms with van der Waals surface area (Å²) in [4.78, 5) is 11.6. The first-order chi connectivity index (χ1) is 9.06. The van der Waals surface area contributed by atoms with E-state index in [1.807, 2.05) is 0 Å². The molecule has 0 aliphatic rings. The first kappa shape index (κ1) is 13.0. The lowest BCUT2D eigenvalue weighted by atomic mass is 10.1. The normalized spacial score (nSPS) is 10.4. The Morgan fingerprint density at radius 1 is 1.32 bits per heavy atom. The Bertz CT molecular complexity index is 577. The molecule has 4 N–H and O–H groups in total. The monoisotopic (exact) mass is 266 g/mol. The van der Waals surface area contributed by atoms with Gasteiger partial charge in [-0.2, -0.15) is 5.10 Å². The van der Waals surface area contributed by atoms with E-state index in [2.05, 4.69) is 15.5 Å². The predicted octanol–water partition coefficient (Wildman–Crippen LogP) is 1.24. The number of aromatic nitrogens is 2. The molecule has 2 aromatic rings. The molecule has 0 aliphatic carbocycles. The van der Waals surface area contributed by atoms with Crippen molar-refractivity contribution >= 4 is 11.6 Å². The van der Waals surface area contributed by atoms with E-state index in [1.165, 1.54) is 18.3 Å². The number of benzene rings is 1. The summed E-state index contributed by atoms with van der Waals surface area (Å²) in [7, 11) is 0. The van der Waals surface area contributed by atoms with Crippen LogP contribution in [0.2, 0.25) is 0 Å². The van der Waals surface area contributed by atoms with Crippen molar-refractivity contribution in [3.8, 4) is 0 Å². The molecule has 0 radical (unpaired) electrons. The molecule has 1 heterocycles. The van der Waals surface area contributed by atoms with Gasteiger partial charge in [0.25, 0.3) is 5.91 Å². The third-order valence-electron chi connectivity index (χ3n) is 2.52. The van der Waals surface area contributed by atoms with Gasteiger partial charge in [-0.3, -0.25) is 9.89 Å². The van der Waals surface area contributed by atoms with Crippen LogP contribution in [0.4, 0.5) is 14.5 Å². The number of nitrogens with two attached hydrogens (primary N) is 1. The minimum absolute atomic E-state index is 0.172. The van der Waals surface area contributed by atoms with Crippen molar-refractivity contribution in [2.75, 3.05) is 12.3 Å². The summed E-state index contributed by atoms with van der Waals surface area (Å²) in [5.74, 6) is -1.69. The van der Waals surface area contributed by atoms with Crippen molar-refractivity contribution < 1.29 is 13.6 Å². The number of H-pyrrole nitrogens is 1. The van der Waals surface area contributed by atoms with Gasteiger partial charge in [-0.15, -0.1) is 0 Å². The van der Waals surface area contributed by atoms with Gasteiger partial charge in [-0.1, -0.05) is 0 Å². The molecule has 0 unspecified atom stereocenters. The second kappa shape index (κ2) is 5.47. The summed E-state index contributed by atoms with van der Waals surface area (Å²) in [5, 5.41) is 8.67. The van der Waals surface area contributed by atoms with Gasteiger partial charge in [0.1, 0.15) is 17.3 Å². The number of halogens is 2. The average molecular weight is 266 g/mol. The zero-order valence-corrected chi connectivity index (χ0v) is 9.91. The van der Waals surface area contributed by atoms with Gasteiger partial charge in [-0.05, 0) is 24.1 Å². The van der Waals surface area contributed by atoms with Crippen LogP contribution < -0.4 is 11.1 Å². The molecule has 0 atom stereocenters. The molecule has 100 valence electrons. The molecule has 1 aromatic heterocycles. The van der Waals surface area contributed by atoms with E-state index in [1.54, 1.807) is 0 Å². The Morgan fingerprint density at radius 2 is 2.00 bits per heavy atom. The number of nitrogens with one attached hydrogen (secondary N) is 2. The first-order valence-electron chi connectivity index (χ1n) is 5.58. The fourth-order valence-electron chi connectivity index (χ4n) is 1.64. The number of nitrogen functional groups attached to an aromatic ring is 1. The van der Waals surface area contributed by atoms with E-state index in [4.69, 9.17) is 5.73 Å². The third-order valence-corrected chi connectivity index (χ3v) is 2.52. The Morgan fingerprint density at radius 3 is 2.58 bits per heavy atom. The molecule has 0 saturated carbocycles. The lowest BCUT2D eigenvalue weighted by Crippen LogP contribution is -2.26. The highest BCUT2D eigenvalue weighted by molar-refractivity contribution is 5.96. The number of hydrogen-bond donors (Lipinski definition) is 3. The van der Waals surface area contributed by atoms with Crippen LogP contribution in [0.5, 0.6) is 0 Å². The maximum absolute atomic E-state index is 12.9. The maximum atomic E-state index is 12.9. The fourth-order valence-corrected chi connectivity index (χ4v) is 1.64. The summed E-state index contributed by atoms with van der Waals surface area (Å²) < 4.78 is 25.9. The Labute approximate surface area is 107 Å². The van der Waals surface area contributed by atoms with Gasteiger partial charge in [0, 0.05) is 12.6 Å². The van der Waals surface area contributed by atoms with Crippen LogP contribution >= 0.6 is 0 Å². The standard InChI is InChI=1S/C12H12F2N4O/c13-8-3-7(4-9(14)5-8)1-2-16-12(19)11-10(15)6-17-18-11/h3-6H,1-2,15H2,(H,16,19)(H,17,18). The fraction of sp³-hybridized carbons (Fsp3) is 0.167. The zero-order valence-electron chi connectivity index (χ0n) is 9.91. The number of carbonyl (C=O) groups excluding carboxylic acids is 1. The van der Waals surface area contributed by atoms with Crippen molar-refractivity contribution in [3.63, 3.8) is 0 Å². The summed E-state index contributed by atoms with van der Waals surface area (Å²) in [6, 6.07) is 3.24. The number of aromatic amines is 1. The predicted molar refractivity (Wildman–Crippen MR) is 65.4 cm³/mol. The minimum atomic E-state index is -0.640. The topological polar surface area (TPSA) is 83.8 Å². The molecule has 5 nitrogen and oxygen atoms in total. The maximum Gasteiger partial charge on any atom is 0.271 e. The molecule has 0 saturated heterocycles. The largest absolute Gasteiger partial charge is 0.396 e. The summed E-state index contributed by atoms with van der Waals surface area (Å²) in [5.41, 5.74) is 6.39. The van der Waals surface area contributed by atoms with Gasteiger partial charge in [0.2, 0.25) is 0 Å². The van der Waals surface area contributed by atoms with Crippen LogP contribution in [-0.2, 0) is 6.42 Å². The quantitative estimate of drug-likeness (QED) is 0.778. The van der Waals surface area contributed by atoms with E-state index in [0.29, 0.717) is 12.0 Å². The Hall–Kier alpha value is -2.44. The van der Waals surface area contributed by atoms with Crippen LogP contribution in [0, 0.1) is 11.6 Å². The smallest absolute Gasteiger partial charge is 0.271 e. The van der Waals surface area contributed by atoms with E-state index in [9.17, 15) is 13.6 Å². The van der Waals surface area contributed by atoms with Crippen molar-refractivity contribution in [2.24, 2.45) is 0 Å². The lowest BCUT2D eigenvalue weighted by molar-refractivity contribution is 0.0950. The number of amides is 1. The van der Waals surface area contributed by atoms with E-state index in [0.717, 1.165) is 6.07 Å². The van der Waals surface area contributed by atoms with Crippen LogP contribution in [-0.4, -0.2) is 22.6 Å². The van der Waals surface area contributed by atoms with E-state index in [-0.39, 0.29) is 17.9 Å². The van der Waals surface area contributed by atoms with Crippen molar-refractivity contribution in [1.82, 2.24) is 15.5 Å². The van der Waals surface area contributed by atoms with Crippen LogP contribution in [0.15, 0.2) is 24.4 Å². The highest BCUT2D eigenvalue weighted by Gasteiger charge is 2.10. The molecule has 0 spiro atoms. The third kappa shape index (κ3) is 3.27. The Balaban J connectivity index is 1.90. The molecule has 7 heteroatoms. The second-order valence-electron chi connectivity index (χ2n) is 3.98. The highest BCUT2D eigenvalue weighted by Crippen LogP contribution is 2.09. The van der Waals surface area contributed by atoms with Gasteiger partial charge in [0.05, 0.1) is 11.9 Å². The molecule has 0 aliphatic heterocycles. The highest BCUT2D eigenvalue weighted by atomic mass is 19.1. The number of hydrogen-bond acceptors (Lipinski definition) is 3. The van der Waals surface area contributed by atoms with Crippen LogP contribution in [0.1, 0.15) is 16.1 Å². The first-order valence-corrected chi connectivity index (χ1v) is 5.58. The van der Waals surface area contributed by atoms with Crippen LogP contribution in [0.3, 0.4) is 0 Å². The molecule has 0 fully saturated rings. The minimum Gasteiger partial charge on any atom is -0.396 e.